The van der Waals surface area contributed by atoms with Gasteiger partial charge in [-0.3, -0.25) is 4.98 Å². The lowest BCUT2D eigenvalue weighted by Gasteiger charge is -2.02. The van der Waals surface area contributed by atoms with Gasteiger partial charge >= 0.3 is 5.97 Å². The molecule has 0 amide bonds. The molecule has 0 atom stereocenters. The largest absolute Gasteiger partial charge is 0.456 e. The van der Waals surface area contributed by atoms with Gasteiger partial charge in [0.15, 0.2) is 0 Å². The topological polar surface area (TPSA) is 55.0 Å². The highest BCUT2D eigenvalue weighted by molar-refractivity contribution is 5.89. The van der Waals surface area contributed by atoms with Crippen molar-refractivity contribution < 1.29 is 9.53 Å². The standard InChI is InChI=1S/C15H12N2O2.C2H6.2CH4/c18-15(12-5-3-7-16-9-12)19-10-13-8-11-4-1-2-6-14(11)17-13;1-2;;/h1-9,17H,10H2;1-2H3;2*1H4. The summed E-state index contributed by atoms with van der Waals surface area (Å²) in [4.78, 5) is 18.9. The van der Waals surface area contributed by atoms with Gasteiger partial charge in [0.05, 0.1) is 11.3 Å². The Morgan fingerprint density at radius 2 is 1.87 bits per heavy atom. The SMILES string of the molecule is C.C.CC.O=C(OCc1cc2ccccc2[nH]1)c1cccnc1. The molecular weight excluding hydrogens is 288 g/mol. The quantitative estimate of drug-likeness (QED) is 0.674. The molecule has 3 aromatic rings. The first kappa shape index (κ1) is 20.4. The van der Waals surface area contributed by atoms with Crippen molar-refractivity contribution in [3.63, 3.8) is 0 Å². The normalized spacial score (nSPS) is 8.96. The number of hydrogen-bond donors (Lipinski definition) is 1. The molecule has 1 aromatic carbocycles. The number of para-hydroxylation sites is 1. The van der Waals surface area contributed by atoms with Crippen LogP contribution in [0.2, 0.25) is 0 Å². The Morgan fingerprint density at radius 1 is 1.13 bits per heavy atom. The van der Waals surface area contributed by atoms with E-state index in [2.05, 4.69) is 9.97 Å². The van der Waals surface area contributed by atoms with Crippen molar-refractivity contribution in [2.45, 2.75) is 35.3 Å². The van der Waals surface area contributed by atoms with Crippen molar-refractivity contribution in [1.29, 1.82) is 0 Å². The van der Waals surface area contributed by atoms with Crippen LogP contribution in [0.15, 0.2) is 54.9 Å². The summed E-state index contributed by atoms with van der Waals surface area (Å²) in [7, 11) is 0. The number of nitrogens with one attached hydrogen (secondary N) is 1. The molecule has 0 spiro atoms. The number of esters is 1. The van der Waals surface area contributed by atoms with Crippen LogP contribution >= 0.6 is 0 Å². The van der Waals surface area contributed by atoms with Gasteiger partial charge < -0.3 is 9.72 Å². The molecule has 3 rings (SSSR count). The molecule has 0 aliphatic carbocycles. The van der Waals surface area contributed by atoms with Crippen LogP contribution in [0.25, 0.3) is 10.9 Å². The lowest BCUT2D eigenvalue weighted by Crippen LogP contribution is -2.05. The zero-order valence-electron chi connectivity index (χ0n) is 12.2. The van der Waals surface area contributed by atoms with Gasteiger partial charge in [-0.15, -0.1) is 0 Å². The third-order valence-corrected chi connectivity index (χ3v) is 2.84. The second kappa shape index (κ2) is 10.2. The Balaban J connectivity index is 0.00000117. The molecular formula is C19H26N2O2. The fraction of sp³-hybridized carbons (Fsp3) is 0.263. The van der Waals surface area contributed by atoms with Gasteiger partial charge in [-0.05, 0) is 29.7 Å². The minimum atomic E-state index is -0.369. The Bertz CT molecular complexity index is 672. The van der Waals surface area contributed by atoms with Crippen molar-refractivity contribution in [2.75, 3.05) is 0 Å². The minimum absolute atomic E-state index is 0. The third-order valence-electron chi connectivity index (χ3n) is 2.84. The highest BCUT2D eigenvalue weighted by Gasteiger charge is 2.08. The predicted octanol–water partition coefficient (Wildman–Crippen LogP) is 5.22. The molecule has 0 bridgehead atoms. The van der Waals surface area contributed by atoms with E-state index in [0.29, 0.717) is 5.56 Å². The lowest BCUT2D eigenvalue weighted by atomic mass is 10.2. The highest BCUT2D eigenvalue weighted by Crippen LogP contribution is 2.15. The molecule has 0 saturated heterocycles. The van der Waals surface area contributed by atoms with E-state index in [4.69, 9.17) is 4.74 Å². The number of aromatic nitrogens is 2. The maximum absolute atomic E-state index is 11.8. The smallest absolute Gasteiger partial charge is 0.340 e. The molecule has 124 valence electrons. The second-order valence-corrected chi connectivity index (χ2v) is 4.20. The van der Waals surface area contributed by atoms with Crippen LogP contribution in [-0.2, 0) is 11.3 Å². The van der Waals surface area contributed by atoms with E-state index in [1.165, 1.54) is 6.20 Å². The zero-order chi connectivity index (χ0) is 15.1. The number of rotatable bonds is 3. The number of carbonyl (C=O) groups excluding carboxylic acids is 1. The molecule has 4 nitrogen and oxygen atoms in total. The molecule has 0 aliphatic rings. The summed E-state index contributed by atoms with van der Waals surface area (Å²) in [5.74, 6) is -0.369. The summed E-state index contributed by atoms with van der Waals surface area (Å²) in [5.41, 5.74) is 2.37. The van der Waals surface area contributed by atoms with Crippen LogP contribution in [0.3, 0.4) is 0 Å². The number of benzene rings is 1. The van der Waals surface area contributed by atoms with E-state index in [1.807, 2.05) is 44.2 Å². The minimum Gasteiger partial charge on any atom is -0.456 e. The Hall–Kier alpha value is -2.62. The number of nitrogens with zero attached hydrogens (tertiary/aromatic N) is 1. The molecule has 2 heterocycles. The molecule has 0 unspecified atom stereocenters. The van der Waals surface area contributed by atoms with Gasteiger partial charge in [0, 0.05) is 17.9 Å². The van der Waals surface area contributed by atoms with Crippen molar-refractivity contribution in [3.05, 3.63) is 66.1 Å². The first-order valence-electron chi connectivity index (χ1n) is 6.97. The van der Waals surface area contributed by atoms with Gasteiger partial charge in [0.2, 0.25) is 0 Å². The van der Waals surface area contributed by atoms with Crippen molar-refractivity contribution in [3.8, 4) is 0 Å². The van der Waals surface area contributed by atoms with E-state index in [0.717, 1.165) is 16.6 Å². The van der Waals surface area contributed by atoms with Crippen LogP contribution in [0.1, 0.15) is 44.8 Å². The van der Waals surface area contributed by atoms with E-state index in [1.54, 1.807) is 18.3 Å². The summed E-state index contributed by atoms with van der Waals surface area (Å²) in [6.45, 7) is 4.22. The fourth-order valence-electron chi connectivity index (χ4n) is 1.92. The average molecular weight is 314 g/mol. The summed E-state index contributed by atoms with van der Waals surface area (Å²) in [6.07, 6.45) is 3.11. The van der Waals surface area contributed by atoms with Crippen LogP contribution in [0.4, 0.5) is 0 Å². The number of fused-ring (bicyclic) bond motifs is 1. The highest BCUT2D eigenvalue weighted by atomic mass is 16.5. The Morgan fingerprint density at radius 3 is 2.52 bits per heavy atom. The van der Waals surface area contributed by atoms with Crippen LogP contribution < -0.4 is 0 Å². The number of H-pyrrole nitrogens is 1. The lowest BCUT2D eigenvalue weighted by molar-refractivity contribution is 0.0468. The molecule has 0 aliphatic heterocycles. The summed E-state index contributed by atoms with van der Waals surface area (Å²) < 4.78 is 5.23. The van der Waals surface area contributed by atoms with E-state index in [9.17, 15) is 4.79 Å². The van der Waals surface area contributed by atoms with Crippen molar-refractivity contribution in [2.24, 2.45) is 0 Å². The first-order chi connectivity index (χ1) is 10.3. The number of carbonyl (C=O) groups is 1. The Kier molecular flexibility index (Phi) is 9.01. The van der Waals surface area contributed by atoms with Gasteiger partial charge in [-0.1, -0.05) is 46.9 Å². The maximum atomic E-state index is 11.8. The first-order valence-corrected chi connectivity index (χ1v) is 6.97. The number of aromatic amines is 1. The van der Waals surface area contributed by atoms with Crippen LogP contribution in [0, 0.1) is 0 Å². The number of pyridine rings is 1. The van der Waals surface area contributed by atoms with Gasteiger partial charge in [0.1, 0.15) is 6.61 Å². The number of hydrogen-bond acceptors (Lipinski definition) is 3. The second-order valence-electron chi connectivity index (χ2n) is 4.20. The maximum Gasteiger partial charge on any atom is 0.340 e. The molecule has 0 radical (unpaired) electrons. The van der Waals surface area contributed by atoms with Gasteiger partial charge in [-0.25, -0.2) is 4.79 Å². The number of ether oxygens (including phenoxy) is 1. The fourth-order valence-corrected chi connectivity index (χ4v) is 1.92. The zero-order valence-corrected chi connectivity index (χ0v) is 12.2. The summed E-state index contributed by atoms with van der Waals surface area (Å²) in [5, 5.41) is 1.11. The van der Waals surface area contributed by atoms with Crippen LogP contribution in [-0.4, -0.2) is 15.9 Å². The molecule has 1 N–H and O–H groups in total. The predicted molar refractivity (Wildman–Crippen MR) is 96.5 cm³/mol. The summed E-state index contributed by atoms with van der Waals surface area (Å²) in [6, 6.07) is 13.3. The Labute approximate surface area is 138 Å². The van der Waals surface area contributed by atoms with E-state index >= 15 is 0 Å². The summed E-state index contributed by atoms with van der Waals surface area (Å²) >= 11 is 0. The average Bonchev–Trinajstić information content (AvgIpc) is 2.98. The van der Waals surface area contributed by atoms with Crippen LogP contribution in [0.5, 0.6) is 0 Å². The monoisotopic (exact) mass is 314 g/mol. The van der Waals surface area contributed by atoms with E-state index < -0.39 is 0 Å². The van der Waals surface area contributed by atoms with Crippen molar-refractivity contribution >= 4 is 16.9 Å². The molecule has 0 saturated carbocycles. The van der Waals surface area contributed by atoms with E-state index in [-0.39, 0.29) is 27.4 Å². The van der Waals surface area contributed by atoms with Gasteiger partial charge in [0.25, 0.3) is 0 Å². The third kappa shape index (κ3) is 5.25. The molecule has 23 heavy (non-hydrogen) atoms. The molecule has 4 heteroatoms. The van der Waals surface area contributed by atoms with Crippen molar-refractivity contribution in [1.82, 2.24) is 9.97 Å². The van der Waals surface area contributed by atoms with Gasteiger partial charge in [-0.2, -0.15) is 0 Å². The molecule has 2 aromatic heterocycles. The molecule has 0 fully saturated rings.